The lowest BCUT2D eigenvalue weighted by atomic mass is 10.2. The van der Waals surface area contributed by atoms with Gasteiger partial charge in [0.1, 0.15) is 5.75 Å². The molecule has 0 radical (unpaired) electrons. The van der Waals surface area contributed by atoms with Gasteiger partial charge < -0.3 is 14.6 Å². The quantitative estimate of drug-likeness (QED) is 0.387. The minimum atomic E-state index is -3.94. The second-order valence-electron chi connectivity index (χ2n) is 5.84. The standard InChI is InChI=1S/C17H19N3O7S/c1-11(2)27-13-4-6-14(7-5-13)28(24,25)19-18-10-12-8-15(20(22)23)17(21)16(9-12)26-3/h4-11,19,21H,1-3H3/b18-10+. The Balaban J connectivity index is 2.19. The van der Waals surface area contributed by atoms with E-state index in [1.54, 1.807) is 0 Å². The van der Waals surface area contributed by atoms with Gasteiger partial charge in [0, 0.05) is 11.6 Å². The zero-order valence-electron chi connectivity index (χ0n) is 15.3. The lowest BCUT2D eigenvalue weighted by Crippen LogP contribution is -2.18. The molecule has 2 aromatic carbocycles. The van der Waals surface area contributed by atoms with Crippen molar-refractivity contribution in [3.63, 3.8) is 0 Å². The number of phenols is 1. The molecule has 0 spiro atoms. The van der Waals surface area contributed by atoms with Crippen molar-refractivity contribution < 1.29 is 27.9 Å². The van der Waals surface area contributed by atoms with Gasteiger partial charge in [-0.3, -0.25) is 10.1 Å². The van der Waals surface area contributed by atoms with Crippen LogP contribution in [0, 0.1) is 10.1 Å². The summed E-state index contributed by atoms with van der Waals surface area (Å²) in [6.07, 6.45) is 1.01. The summed E-state index contributed by atoms with van der Waals surface area (Å²) in [4.78, 5) is 12.2. The Kier molecular flexibility index (Phi) is 6.41. The molecule has 0 aromatic heterocycles. The second kappa shape index (κ2) is 8.57. The van der Waals surface area contributed by atoms with Gasteiger partial charge in [0.2, 0.25) is 5.75 Å². The van der Waals surface area contributed by atoms with E-state index in [0.29, 0.717) is 5.75 Å². The molecule has 0 saturated heterocycles. The molecule has 0 aliphatic carbocycles. The first-order valence-electron chi connectivity index (χ1n) is 8.01. The Morgan fingerprint density at radius 2 is 1.89 bits per heavy atom. The summed E-state index contributed by atoms with van der Waals surface area (Å²) in [6, 6.07) is 8.08. The molecule has 11 heteroatoms. The minimum absolute atomic E-state index is 0.0324. The molecule has 0 heterocycles. The van der Waals surface area contributed by atoms with Crippen LogP contribution in [-0.2, 0) is 10.0 Å². The number of phenolic OH excluding ortho intramolecular Hbond substituents is 1. The molecule has 150 valence electrons. The number of methoxy groups -OCH3 is 1. The number of hydrogen-bond donors (Lipinski definition) is 2. The maximum Gasteiger partial charge on any atom is 0.315 e. The van der Waals surface area contributed by atoms with Gasteiger partial charge in [-0.2, -0.15) is 13.5 Å². The molecule has 28 heavy (non-hydrogen) atoms. The van der Waals surface area contributed by atoms with Crippen molar-refractivity contribution in [3.05, 3.63) is 52.1 Å². The van der Waals surface area contributed by atoms with Crippen molar-refractivity contribution in [3.8, 4) is 17.2 Å². The van der Waals surface area contributed by atoms with Crippen LogP contribution in [-0.4, -0.2) is 37.9 Å². The van der Waals surface area contributed by atoms with E-state index in [4.69, 9.17) is 9.47 Å². The van der Waals surface area contributed by atoms with Crippen molar-refractivity contribution in [2.75, 3.05) is 7.11 Å². The largest absolute Gasteiger partial charge is 0.500 e. The molecular formula is C17H19N3O7S. The van der Waals surface area contributed by atoms with Crippen molar-refractivity contribution >= 4 is 21.9 Å². The Morgan fingerprint density at radius 3 is 2.43 bits per heavy atom. The van der Waals surface area contributed by atoms with E-state index < -0.39 is 26.4 Å². The third-order valence-corrected chi connectivity index (χ3v) is 4.62. The summed E-state index contributed by atoms with van der Waals surface area (Å²) in [5.74, 6) is -0.242. The molecule has 2 aromatic rings. The van der Waals surface area contributed by atoms with Gasteiger partial charge >= 0.3 is 5.69 Å². The highest BCUT2D eigenvalue weighted by Crippen LogP contribution is 2.36. The Bertz CT molecular complexity index is 987. The average Bonchev–Trinajstić information content (AvgIpc) is 2.62. The maximum absolute atomic E-state index is 12.3. The monoisotopic (exact) mass is 409 g/mol. The molecule has 0 aliphatic heterocycles. The van der Waals surface area contributed by atoms with E-state index in [0.717, 1.165) is 12.3 Å². The summed E-state index contributed by atoms with van der Waals surface area (Å²) in [5.41, 5.74) is -0.436. The van der Waals surface area contributed by atoms with Crippen molar-refractivity contribution in [2.45, 2.75) is 24.8 Å². The summed E-state index contributed by atoms with van der Waals surface area (Å²) >= 11 is 0. The van der Waals surface area contributed by atoms with Crippen molar-refractivity contribution in [2.24, 2.45) is 5.10 Å². The first kappa shape index (κ1) is 21.0. The summed E-state index contributed by atoms with van der Waals surface area (Å²) < 4.78 is 34.9. The third kappa shape index (κ3) is 5.10. The zero-order valence-corrected chi connectivity index (χ0v) is 16.1. The van der Waals surface area contributed by atoms with Crippen LogP contribution in [0.3, 0.4) is 0 Å². The molecule has 0 atom stereocenters. The Hall–Kier alpha value is -3.34. The van der Waals surface area contributed by atoms with Crippen LogP contribution in [0.1, 0.15) is 19.4 Å². The van der Waals surface area contributed by atoms with E-state index >= 15 is 0 Å². The second-order valence-corrected chi connectivity index (χ2v) is 7.50. The van der Waals surface area contributed by atoms with E-state index in [1.807, 2.05) is 18.7 Å². The number of rotatable bonds is 8. The zero-order chi connectivity index (χ0) is 20.9. The lowest BCUT2D eigenvalue weighted by Gasteiger charge is -2.10. The highest BCUT2D eigenvalue weighted by atomic mass is 32.2. The van der Waals surface area contributed by atoms with Crippen LogP contribution < -0.4 is 14.3 Å². The fourth-order valence-electron chi connectivity index (χ4n) is 2.18. The van der Waals surface area contributed by atoms with Crippen molar-refractivity contribution in [1.29, 1.82) is 0 Å². The molecule has 10 nitrogen and oxygen atoms in total. The van der Waals surface area contributed by atoms with E-state index in [9.17, 15) is 23.6 Å². The van der Waals surface area contributed by atoms with Crippen LogP contribution in [0.25, 0.3) is 0 Å². The molecule has 0 unspecified atom stereocenters. The fraction of sp³-hybridized carbons (Fsp3) is 0.235. The minimum Gasteiger partial charge on any atom is -0.500 e. The molecule has 0 fully saturated rings. The number of aromatic hydroxyl groups is 1. The maximum atomic E-state index is 12.3. The molecular weight excluding hydrogens is 390 g/mol. The number of nitro benzene ring substituents is 1. The van der Waals surface area contributed by atoms with Crippen molar-refractivity contribution in [1.82, 2.24) is 4.83 Å². The summed E-state index contributed by atoms with van der Waals surface area (Å²) in [6.45, 7) is 3.70. The number of hydrogen-bond acceptors (Lipinski definition) is 8. The molecule has 2 N–H and O–H groups in total. The van der Waals surface area contributed by atoms with E-state index in [1.165, 1.54) is 37.4 Å². The molecule has 0 saturated carbocycles. The topological polar surface area (TPSA) is 140 Å². The summed E-state index contributed by atoms with van der Waals surface area (Å²) in [7, 11) is -2.71. The number of nitrogens with one attached hydrogen (secondary N) is 1. The van der Waals surface area contributed by atoms with Gasteiger partial charge in [-0.05, 0) is 44.2 Å². The molecule has 0 aliphatic rings. The Labute approximate surface area is 161 Å². The van der Waals surface area contributed by atoms with Gasteiger partial charge in [-0.15, -0.1) is 0 Å². The number of hydrazone groups is 1. The van der Waals surface area contributed by atoms with Crippen LogP contribution >= 0.6 is 0 Å². The van der Waals surface area contributed by atoms with Gasteiger partial charge in [0.05, 0.1) is 29.2 Å². The van der Waals surface area contributed by atoms with Crippen LogP contribution in [0.15, 0.2) is 46.4 Å². The molecule has 0 bridgehead atoms. The first-order chi connectivity index (χ1) is 13.1. The van der Waals surface area contributed by atoms with Crippen LogP contribution in [0.2, 0.25) is 0 Å². The Morgan fingerprint density at radius 1 is 1.25 bits per heavy atom. The molecule has 2 rings (SSSR count). The van der Waals surface area contributed by atoms with E-state index in [-0.39, 0.29) is 22.3 Å². The van der Waals surface area contributed by atoms with Gasteiger partial charge in [0.25, 0.3) is 10.0 Å². The lowest BCUT2D eigenvalue weighted by molar-refractivity contribution is -0.386. The number of benzene rings is 2. The average molecular weight is 409 g/mol. The van der Waals surface area contributed by atoms with Crippen LogP contribution in [0.4, 0.5) is 5.69 Å². The van der Waals surface area contributed by atoms with Gasteiger partial charge in [-0.25, -0.2) is 4.83 Å². The summed E-state index contributed by atoms with van der Waals surface area (Å²) in [5, 5.41) is 24.3. The molecule has 0 amide bonds. The predicted molar refractivity (Wildman–Crippen MR) is 101 cm³/mol. The number of sulfonamides is 1. The normalized spacial score (nSPS) is 11.6. The first-order valence-corrected chi connectivity index (χ1v) is 9.49. The highest BCUT2D eigenvalue weighted by molar-refractivity contribution is 7.89. The van der Waals surface area contributed by atoms with Gasteiger partial charge in [-0.1, -0.05) is 0 Å². The highest BCUT2D eigenvalue weighted by Gasteiger charge is 2.19. The van der Waals surface area contributed by atoms with E-state index in [2.05, 4.69) is 5.10 Å². The fourth-order valence-corrected chi connectivity index (χ4v) is 2.97. The smallest absolute Gasteiger partial charge is 0.315 e. The third-order valence-electron chi connectivity index (χ3n) is 3.39. The number of ether oxygens (including phenoxy) is 2. The van der Waals surface area contributed by atoms with Gasteiger partial charge in [0.15, 0.2) is 5.75 Å². The number of nitro groups is 1. The predicted octanol–water partition coefficient (Wildman–Crippen LogP) is 2.41. The number of nitrogens with zero attached hydrogens (tertiary/aromatic N) is 2. The van der Waals surface area contributed by atoms with Crippen LogP contribution in [0.5, 0.6) is 17.2 Å². The SMILES string of the molecule is COc1cc(/C=N/NS(=O)(=O)c2ccc(OC(C)C)cc2)cc([N+](=O)[O-])c1O.